The molecule has 0 radical (unpaired) electrons. The molecular formula is C56H46N2. The van der Waals surface area contributed by atoms with E-state index in [1.54, 1.807) is 5.56 Å². The predicted molar refractivity (Wildman–Crippen MR) is 243 cm³/mol. The van der Waals surface area contributed by atoms with Crippen LogP contribution in [-0.2, 0) is 5.41 Å². The van der Waals surface area contributed by atoms with Crippen molar-refractivity contribution in [2.24, 2.45) is 17.8 Å². The fourth-order valence-electron chi connectivity index (χ4n) is 10.9. The highest BCUT2D eigenvalue weighted by Crippen LogP contribution is 2.70. The number of hydrogen-bond acceptors (Lipinski definition) is 2. The molecule has 0 spiro atoms. The zero-order valence-corrected chi connectivity index (χ0v) is 32.7. The third-order valence-electron chi connectivity index (χ3n) is 13.6. The Balaban J connectivity index is 0.846. The first-order valence-corrected chi connectivity index (χ1v) is 21.0. The molecule has 58 heavy (non-hydrogen) atoms. The van der Waals surface area contributed by atoms with Crippen LogP contribution in [0, 0.1) is 17.8 Å². The fraction of sp³-hybridized carbons (Fsp3) is 0.143. The Kier molecular flexibility index (Phi) is 8.58. The van der Waals surface area contributed by atoms with E-state index in [9.17, 15) is 0 Å². The number of hydrogen-bond donors (Lipinski definition) is 0. The van der Waals surface area contributed by atoms with Crippen LogP contribution in [0.15, 0.2) is 212 Å². The zero-order chi connectivity index (χ0) is 38.5. The van der Waals surface area contributed by atoms with Crippen LogP contribution in [0.25, 0.3) is 33.4 Å². The van der Waals surface area contributed by atoms with Gasteiger partial charge in [0.1, 0.15) is 0 Å². The van der Waals surface area contributed by atoms with E-state index in [2.05, 4.69) is 222 Å². The molecule has 2 nitrogen and oxygen atoms in total. The van der Waals surface area contributed by atoms with Crippen molar-refractivity contribution in [1.29, 1.82) is 0 Å². The Bertz CT molecular complexity index is 2620. The number of anilines is 6. The highest BCUT2D eigenvalue weighted by Gasteiger charge is 2.63. The van der Waals surface area contributed by atoms with E-state index < -0.39 is 0 Å². The molecule has 0 aliphatic heterocycles. The summed E-state index contributed by atoms with van der Waals surface area (Å²) in [5, 5.41) is 0. The minimum absolute atomic E-state index is 0.479. The van der Waals surface area contributed by atoms with Crippen molar-refractivity contribution in [3.63, 3.8) is 0 Å². The normalized spacial score (nSPS) is 20.0. The zero-order valence-electron chi connectivity index (χ0n) is 32.7. The summed E-state index contributed by atoms with van der Waals surface area (Å²) in [6, 6.07) is 77.3. The molecule has 4 fully saturated rings. The lowest BCUT2D eigenvalue weighted by Gasteiger charge is -2.29. The van der Waals surface area contributed by atoms with E-state index in [1.807, 2.05) is 0 Å². The molecule has 0 aromatic heterocycles. The molecule has 2 atom stereocenters. The minimum Gasteiger partial charge on any atom is -0.311 e. The van der Waals surface area contributed by atoms with E-state index in [0.29, 0.717) is 5.41 Å². The molecule has 0 amide bonds. The van der Waals surface area contributed by atoms with Crippen LogP contribution in [0.1, 0.15) is 31.2 Å². The van der Waals surface area contributed by atoms with Crippen LogP contribution in [0.3, 0.4) is 0 Å². The second-order valence-electron chi connectivity index (χ2n) is 16.7. The third-order valence-corrected chi connectivity index (χ3v) is 13.6. The van der Waals surface area contributed by atoms with Gasteiger partial charge in [0.15, 0.2) is 0 Å². The van der Waals surface area contributed by atoms with Gasteiger partial charge in [-0.3, -0.25) is 0 Å². The molecule has 2 heteroatoms. The van der Waals surface area contributed by atoms with Crippen LogP contribution in [0.5, 0.6) is 0 Å². The predicted octanol–water partition coefficient (Wildman–Crippen LogP) is 15.3. The Morgan fingerprint density at radius 1 is 0.293 bits per heavy atom. The maximum atomic E-state index is 2.45. The first-order valence-electron chi connectivity index (χ1n) is 21.0. The van der Waals surface area contributed by atoms with Crippen molar-refractivity contribution >= 4 is 34.1 Å². The van der Waals surface area contributed by atoms with Gasteiger partial charge in [-0.05, 0) is 161 Å². The number of rotatable bonds is 10. The lowest BCUT2D eigenvalue weighted by molar-refractivity contribution is 0.371. The highest BCUT2D eigenvalue weighted by atomic mass is 15.1. The van der Waals surface area contributed by atoms with Crippen molar-refractivity contribution in [2.75, 3.05) is 9.80 Å². The van der Waals surface area contributed by atoms with Gasteiger partial charge in [0.2, 0.25) is 0 Å². The monoisotopic (exact) mass is 746 g/mol. The second-order valence-corrected chi connectivity index (χ2v) is 16.7. The SMILES string of the molecule is c1ccc(-c2ccc(N(c3ccccc3)c3ccc(-c4ccc(N(c5ccccc5)c5ccc(-c6ccc(C78CC9CC7CC9C8)cc6)cc5)cc4)cc3)cc2)cc1. The summed E-state index contributed by atoms with van der Waals surface area (Å²) in [6.45, 7) is 0. The topological polar surface area (TPSA) is 6.48 Å². The standard InChI is InChI=1S/C56H46N2/c1-4-10-40(11-5-1)42-18-28-52(29-19-42)57(50-12-6-2-7-13-50)54-32-22-44(23-33-54)45-24-34-55(35-25-45)58(51-14-8-3-9-15-51)53-30-20-43(21-31-53)41-16-26-48(27-17-41)56-38-46-36-49(56)37-47(46)39-56/h1-35,46-47,49H,36-39H2. The molecule has 0 heterocycles. The molecule has 12 rings (SSSR count). The van der Waals surface area contributed by atoms with Crippen LogP contribution in [-0.4, -0.2) is 0 Å². The lowest BCUT2D eigenvalue weighted by Crippen LogP contribution is -2.24. The van der Waals surface area contributed by atoms with Crippen LogP contribution >= 0.6 is 0 Å². The van der Waals surface area contributed by atoms with Crippen molar-refractivity contribution in [3.05, 3.63) is 218 Å². The Hall–Kier alpha value is -6.64. The molecule has 4 bridgehead atoms. The summed E-state index contributed by atoms with van der Waals surface area (Å²) in [5.74, 6) is 2.93. The molecule has 4 aliphatic carbocycles. The molecule has 0 saturated heterocycles. The molecule has 4 aliphatic rings. The van der Waals surface area contributed by atoms with Gasteiger partial charge >= 0.3 is 0 Å². The summed E-state index contributed by atoms with van der Waals surface area (Å²) in [7, 11) is 0. The van der Waals surface area contributed by atoms with Gasteiger partial charge in [-0.1, -0.05) is 140 Å². The molecule has 8 aromatic carbocycles. The summed E-state index contributed by atoms with van der Waals surface area (Å²) in [5.41, 5.74) is 16.2. The molecule has 4 saturated carbocycles. The van der Waals surface area contributed by atoms with Crippen molar-refractivity contribution in [1.82, 2.24) is 0 Å². The molecule has 280 valence electrons. The van der Waals surface area contributed by atoms with Crippen molar-refractivity contribution in [3.8, 4) is 33.4 Å². The average Bonchev–Trinajstić information content (AvgIpc) is 4.07. The van der Waals surface area contributed by atoms with Crippen molar-refractivity contribution < 1.29 is 0 Å². The molecule has 8 aromatic rings. The van der Waals surface area contributed by atoms with E-state index in [4.69, 9.17) is 0 Å². The highest BCUT2D eigenvalue weighted by molar-refractivity contribution is 5.82. The summed E-state index contributed by atoms with van der Waals surface area (Å²) in [4.78, 5) is 4.67. The number of nitrogens with zero attached hydrogens (tertiary/aromatic N) is 2. The maximum Gasteiger partial charge on any atom is 0.0462 e. The van der Waals surface area contributed by atoms with Crippen LogP contribution in [0.4, 0.5) is 34.1 Å². The van der Waals surface area contributed by atoms with E-state index in [0.717, 1.165) is 51.9 Å². The number of para-hydroxylation sites is 2. The minimum atomic E-state index is 0.479. The largest absolute Gasteiger partial charge is 0.311 e. The maximum absolute atomic E-state index is 2.45. The Labute approximate surface area is 342 Å². The fourth-order valence-corrected chi connectivity index (χ4v) is 10.9. The van der Waals surface area contributed by atoms with Gasteiger partial charge in [-0.25, -0.2) is 0 Å². The van der Waals surface area contributed by atoms with Crippen LogP contribution < -0.4 is 9.80 Å². The second kappa shape index (κ2) is 14.4. The lowest BCUT2D eigenvalue weighted by atomic mass is 9.74. The van der Waals surface area contributed by atoms with E-state index in [1.165, 1.54) is 59.1 Å². The van der Waals surface area contributed by atoms with Gasteiger partial charge in [0, 0.05) is 34.1 Å². The van der Waals surface area contributed by atoms with Gasteiger partial charge in [0.05, 0.1) is 0 Å². The molecule has 2 unspecified atom stereocenters. The average molecular weight is 747 g/mol. The molecular weight excluding hydrogens is 701 g/mol. The summed E-state index contributed by atoms with van der Waals surface area (Å²) < 4.78 is 0. The third kappa shape index (κ3) is 6.12. The van der Waals surface area contributed by atoms with Crippen molar-refractivity contribution in [2.45, 2.75) is 31.1 Å². The van der Waals surface area contributed by atoms with Gasteiger partial charge in [-0.2, -0.15) is 0 Å². The summed E-state index contributed by atoms with van der Waals surface area (Å²) >= 11 is 0. The summed E-state index contributed by atoms with van der Waals surface area (Å²) in [6.07, 6.45) is 5.81. The van der Waals surface area contributed by atoms with Gasteiger partial charge in [-0.15, -0.1) is 0 Å². The van der Waals surface area contributed by atoms with E-state index in [-0.39, 0.29) is 0 Å². The van der Waals surface area contributed by atoms with Gasteiger partial charge in [0.25, 0.3) is 0 Å². The quantitative estimate of drug-likeness (QED) is 0.137. The molecule has 0 N–H and O–H groups in total. The smallest absolute Gasteiger partial charge is 0.0462 e. The Morgan fingerprint density at radius 3 is 0.879 bits per heavy atom. The van der Waals surface area contributed by atoms with Gasteiger partial charge < -0.3 is 9.80 Å². The van der Waals surface area contributed by atoms with Crippen LogP contribution in [0.2, 0.25) is 0 Å². The number of benzene rings is 8. The first-order chi connectivity index (χ1) is 28.7. The Morgan fingerprint density at radius 2 is 0.569 bits per heavy atom. The first kappa shape index (κ1) is 34.6. The van der Waals surface area contributed by atoms with E-state index >= 15 is 0 Å².